The third-order valence-corrected chi connectivity index (χ3v) is 3.46. The predicted octanol–water partition coefficient (Wildman–Crippen LogP) is 2.25. The van der Waals surface area contributed by atoms with E-state index in [-0.39, 0.29) is 5.41 Å². The van der Waals surface area contributed by atoms with Gasteiger partial charge in [0.25, 0.3) is 0 Å². The van der Waals surface area contributed by atoms with Crippen LogP contribution in [-0.2, 0) is 5.41 Å². The van der Waals surface area contributed by atoms with E-state index >= 15 is 0 Å². The summed E-state index contributed by atoms with van der Waals surface area (Å²) in [6.07, 6.45) is 0.957. The molecule has 13 heavy (non-hydrogen) atoms. The van der Waals surface area contributed by atoms with Gasteiger partial charge in [-0.25, -0.2) is 0 Å². The molecule has 1 aromatic rings. The maximum atomic E-state index is 8.68. The molecule has 0 spiro atoms. The van der Waals surface area contributed by atoms with Crippen molar-refractivity contribution < 1.29 is 0 Å². The minimum absolute atomic E-state index is 0.106. The predicted molar refractivity (Wildman–Crippen MR) is 55.7 cm³/mol. The van der Waals surface area contributed by atoms with Crippen molar-refractivity contribution >= 4 is 11.3 Å². The van der Waals surface area contributed by atoms with E-state index in [1.165, 1.54) is 4.88 Å². The Hall–Kier alpha value is -0.850. The smallest absolute Gasteiger partial charge is 0.100 e. The second-order valence-corrected chi connectivity index (χ2v) is 4.65. The fraction of sp³-hybridized carbons (Fsp3) is 0.500. The lowest BCUT2D eigenvalue weighted by Crippen LogP contribution is -2.20. The number of thiophene rings is 1. The maximum absolute atomic E-state index is 8.68. The third kappa shape index (κ3) is 2.30. The lowest BCUT2D eigenvalue weighted by atomic mass is 9.87. The van der Waals surface area contributed by atoms with Crippen LogP contribution < -0.4 is 5.73 Å². The average Bonchev–Trinajstić information content (AvgIpc) is 2.52. The molecule has 0 saturated carbocycles. The lowest BCUT2D eigenvalue weighted by molar-refractivity contribution is 0.497. The number of nitrogens with two attached hydrogens (primary N) is 1. The average molecular weight is 194 g/mol. The van der Waals surface area contributed by atoms with E-state index < -0.39 is 0 Å². The Morgan fingerprint density at radius 2 is 2.31 bits per heavy atom. The van der Waals surface area contributed by atoms with Crippen LogP contribution in [0.5, 0.6) is 0 Å². The first-order valence-corrected chi connectivity index (χ1v) is 5.17. The van der Waals surface area contributed by atoms with Crippen molar-refractivity contribution in [3.8, 4) is 6.07 Å². The second kappa shape index (κ2) is 3.91. The molecule has 1 aromatic heterocycles. The van der Waals surface area contributed by atoms with Gasteiger partial charge in [-0.3, -0.25) is 0 Å². The molecule has 0 bridgehead atoms. The SMILES string of the molecule is CC(C)(CCN)c1cc(C#N)cs1. The second-order valence-electron chi connectivity index (χ2n) is 3.73. The van der Waals surface area contributed by atoms with Gasteiger partial charge >= 0.3 is 0 Å². The summed E-state index contributed by atoms with van der Waals surface area (Å²) in [4.78, 5) is 1.24. The highest BCUT2D eigenvalue weighted by atomic mass is 32.1. The van der Waals surface area contributed by atoms with Gasteiger partial charge in [0.15, 0.2) is 0 Å². The number of hydrogen-bond acceptors (Lipinski definition) is 3. The van der Waals surface area contributed by atoms with Crippen LogP contribution in [0.25, 0.3) is 0 Å². The van der Waals surface area contributed by atoms with Gasteiger partial charge in [-0.05, 0) is 19.0 Å². The fourth-order valence-corrected chi connectivity index (χ4v) is 2.22. The van der Waals surface area contributed by atoms with E-state index in [0.29, 0.717) is 6.54 Å². The van der Waals surface area contributed by atoms with Gasteiger partial charge in [0.1, 0.15) is 6.07 Å². The van der Waals surface area contributed by atoms with Crippen molar-refractivity contribution in [3.63, 3.8) is 0 Å². The maximum Gasteiger partial charge on any atom is 0.100 e. The van der Waals surface area contributed by atoms with Gasteiger partial charge < -0.3 is 5.73 Å². The van der Waals surface area contributed by atoms with Crippen molar-refractivity contribution in [1.29, 1.82) is 5.26 Å². The first-order chi connectivity index (χ1) is 6.10. The minimum atomic E-state index is 0.106. The molecular weight excluding hydrogens is 180 g/mol. The van der Waals surface area contributed by atoms with Gasteiger partial charge in [0.05, 0.1) is 5.56 Å². The van der Waals surface area contributed by atoms with Crippen LogP contribution in [0.3, 0.4) is 0 Å². The Bertz CT molecular complexity index is 320. The fourth-order valence-electron chi connectivity index (χ4n) is 1.23. The van der Waals surface area contributed by atoms with Crippen LogP contribution in [0.2, 0.25) is 0 Å². The van der Waals surface area contributed by atoms with Crippen LogP contribution in [0, 0.1) is 11.3 Å². The number of rotatable bonds is 3. The van der Waals surface area contributed by atoms with Crippen LogP contribution in [0.1, 0.15) is 30.7 Å². The molecule has 2 nitrogen and oxygen atoms in total. The first-order valence-electron chi connectivity index (χ1n) is 4.29. The van der Waals surface area contributed by atoms with Crippen molar-refractivity contribution in [1.82, 2.24) is 0 Å². The summed E-state index contributed by atoms with van der Waals surface area (Å²) >= 11 is 1.64. The largest absolute Gasteiger partial charge is 0.330 e. The van der Waals surface area contributed by atoms with Crippen LogP contribution >= 0.6 is 11.3 Å². The molecule has 3 heteroatoms. The Labute approximate surface area is 83.0 Å². The van der Waals surface area contributed by atoms with Crippen molar-refractivity contribution in [2.24, 2.45) is 5.73 Å². The zero-order chi connectivity index (χ0) is 9.90. The molecule has 70 valence electrons. The highest BCUT2D eigenvalue weighted by molar-refractivity contribution is 7.10. The molecule has 0 saturated heterocycles. The van der Waals surface area contributed by atoms with E-state index in [9.17, 15) is 0 Å². The molecule has 1 rings (SSSR count). The Morgan fingerprint density at radius 3 is 2.77 bits per heavy atom. The molecule has 0 fully saturated rings. The summed E-state index contributed by atoms with van der Waals surface area (Å²) in [7, 11) is 0. The monoisotopic (exact) mass is 194 g/mol. The van der Waals surface area contributed by atoms with Gasteiger partial charge in [-0.1, -0.05) is 13.8 Å². The first kappa shape index (κ1) is 10.2. The molecular formula is C10H14N2S. The molecule has 1 heterocycles. The molecule has 0 amide bonds. The van der Waals surface area contributed by atoms with Crippen LogP contribution in [-0.4, -0.2) is 6.54 Å². The van der Waals surface area contributed by atoms with Crippen molar-refractivity contribution in [3.05, 3.63) is 21.9 Å². The summed E-state index contributed by atoms with van der Waals surface area (Å²) in [5, 5.41) is 10.6. The van der Waals surface area contributed by atoms with E-state index in [2.05, 4.69) is 19.9 Å². The zero-order valence-corrected chi connectivity index (χ0v) is 8.82. The third-order valence-electron chi connectivity index (χ3n) is 2.16. The number of nitrogens with zero attached hydrogens (tertiary/aromatic N) is 1. The molecule has 0 aliphatic rings. The number of hydrogen-bond donors (Lipinski definition) is 1. The quantitative estimate of drug-likeness (QED) is 0.802. The molecule has 0 aliphatic heterocycles. The molecule has 2 N–H and O–H groups in total. The van der Waals surface area contributed by atoms with E-state index in [1.807, 2.05) is 11.4 Å². The Morgan fingerprint density at radius 1 is 1.62 bits per heavy atom. The van der Waals surface area contributed by atoms with Gasteiger partial charge in [0.2, 0.25) is 0 Å². The number of nitriles is 1. The van der Waals surface area contributed by atoms with E-state index in [4.69, 9.17) is 11.0 Å². The zero-order valence-electron chi connectivity index (χ0n) is 8.00. The van der Waals surface area contributed by atoms with Gasteiger partial charge in [-0.2, -0.15) is 5.26 Å². The summed E-state index contributed by atoms with van der Waals surface area (Å²) in [6, 6.07) is 4.10. The van der Waals surface area contributed by atoms with Gasteiger partial charge in [0, 0.05) is 15.7 Å². The van der Waals surface area contributed by atoms with Crippen LogP contribution in [0.15, 0.2) is 11.4 Å². The Balaban J connectivity index is 2.88. The normalized spacial score (nSPS) is 11.2. The summed E-state index contributed by atoms with van der Waals surface area (Å²) in [5.74, 6) is 0. The van der Waals surface area contributed by atoms with Gasteiger partial charge in [-0.15, -0.1) is 11.3 Å². The minimum Gasteiger partial charge on any atom is -0.330 e. The topological polar surface area (TPSA) is 49.8 Å². The highest BCUT2D eigenvalue weighted by Gasteiger charge is 2.21. The lowest BCUT2D eigenvalue weighted by Gasteiger charge is -2.21. The summed E-state index contributed by atoms with van der Waals surface area (Å²) in [5.41, 5.74) is 6.39. The summed E-state index contributed by atoms with van der Waals surface area (Å²) in [6.45, 7) is 5.01. The standard InChI is InChI=1S/C10H14N2S/c1-10(2,3-4-11)9-5-8(6-12)7-13-9/h5,7H,3-4,11H2,1-2H3. The van der Waals surface area contributed by atoms with Crippen molar-refractivity contribution in [2.45, 2.75) is 25.7 Å². The van der Waals surface area contributed by atoms with E-state index in [1.54, 1.807) is 11.3 Å². The molecule has 0 atom stereocenters. The van der Waals surface area contributed by atoms with Crippen molar-refractivity contribution in [2.75, 3.05) is 6.54 Å². The summed E-state index contributed by atoms with van der Waals surface area (Å²) < 4.78 is 0. The molecule has 0 aromatic carbocycles. The highest BCUT2D eigenvalue weighted by Crippen LogP contribution is 2.31. The molecule has 0 aliphatic carbocycles. The Kier molecular flexibility index (Phi) is 3.07. The molecule has 0 radical (unpaired) electrons. The molecule has 0 unspecified atom stereocenters. The van der Waals surface area contributed by atoms with Crippen LogP contribution in [0.4, 0.5) is 0 Å². The van der Waals surface area contributed by atoms with E-state index in [0.717, 1.165) is 12.0 Å².